The summed E-state index contributed by atoms with van der Waals surface area (Å²) in [6.45, 7) is 9.05. The van der Waals surface area contributed by atoms with Gasteiger partial charge in [-0.15, -0.1) is 0 Å². The molecule has 12 nitrogen and oxygen atoms in total. The first kappa shape index (κ1) is 37.0. The third-order valence-electron chi connectivity index (χ3n) is 9.04. The molecule has 0 aliphatic carbocycles. The maximum absolute atomic E-state index is 13.9. The van der Waals surface area contributed by atoms with Gasteiger partial charge in [0.2, 0.25) is 5.91 Å². The number of nitrogens with zero attached hydrogens (tertiary/aromatic N) is 1. The molecule has 0 spiro atoms. The summed E-state index contributed by atoms with van der Waals surface area (Å²) in [5, 5.41) is 17.1. The SMILES string of the molecule is C/C=C\C=C(/C)NC(=O)O[C@H]1CC(=O)N(C)c2cc(cc(OC)c2Cl)C/C(C)=C/C=C/[C@@H](OC)[C@@]2(O)C[C@H](OC(=O)N2)[C@@H](C)[C@@H]2O[C@@]12C. The summed E-state index contributed by atoms with van der Waals surface area (Å²) in [6, 6.07) is 3.61. The number of fused-ring (bicyclic) bond motifs is 5. The number of hydrogen-bond acceptors (Lipinski definition) is 9. The minimum atomic E-state index is -1.79. The van der Waals surface area contributed by atoms with E-state index in [1.54, 1.807) is 51.3 Å². The van der Waals surface area contributed by atoms with Crippen molar-refractivity contribution < 1.29 is 43.2 Å². The molecule has 3 heterocycles. The first-order chi connectivity index (χ1) is 22.6. The number of halogens is 1. The fourth-order valence-electron chi connectivity index (χ4n) is 6.21. The van der Waals surface area contributed by atoms with E-state index < -0.39 is 59.8 Å². The second-order valence-electron chi connectivity index (χ2n) is 12.7. The van der Waals surface area contributed by atoms with Gasteiger partial charge in [-0.25, -0.2) is 9.59 Å². The maximum atomic E-state index is 13.9. The number of amides is 3. The number of ether oxygens (including phenoxy) is 5. The summed E-state index contributed by atoms with van der Waals surface area (Å²) in [5.74, 6) is -0.478. The minimum Gasteiger partial charge on any atom is -0.495 e. The van der Waals surface area contributed by atoms with Crippen LogP contribution in [0.1, 0.15) is 53.0 Å². The molecular formula is C35H46ClN3O9. The molecule has 1 aromatic carbocycles. The van der Waals surface area contributed by atoms with Gasteiger partial charge in [0.25, 0.3) is 0 Å². The van der Waals surface area contributed by atoms with Crippen molar-refractivity contribution in [2.24, 2.45) is 5.92 Å². The van der Waals surface area contributed by atoms with Gasteiger partial charge in [-0.2, -0.15) is 0 Å². The quantitative estimate of drug-likeness (QED) is 0.276. The number of carbonyl (C=O) groups is 3. The Morgan fingerprint density at radius 3 is 2.67 bits per heavy atom. The van der Waals surface area contributed by atoms with Crippen molar-refractivity contribution >= 4 is 35.4 Å². The number of allylic oxidation sites excluding steroid dienone is 7. The van der Waals surface area contributed by atoms with Crippen LogP contribution in [0.2, 0.25) is 5.02 Å². The van der Waals surface area contributed by atoms with Crippen LogP contribution < -0.4 is 20.3 Å². The summed E-state index contributed by atoms with van der Waals surface area (Å²) in [6.07, 6.45) is 5.83. The summed E-state index contributed by atoms with van der Waals surface area (Å²) in [4.78, 5) is 41.2. The predicted octanol–water partition coefficient (Wildman–Crippen LogP) is 5.33. The average molecular weight is 688 g/mol. The topological polar surface area (TPSA) is 148 Å². The third-order valence-corrected chi connectivity index (χ3v) is 9.42. The molecule has 0 unspecified atom stereocenters. The Kier molecular flexibility index (Phi) is 11.7. The summed E-state index contributed by atoms with van der Waals surface area (Å²) >= 11 is 6.72. The molecule has 0 aromatic heterocycles. The molecule has 0 saturated carbocycles. The van der Waals surface area contributed by atoms with Crippen LogP contribution in [-0.2, 0) is 30.2 Å². The van der Waals surface area contributed by atoms with Gasteiger partial charge in [0.05, 0.1) is 25.3 Å². The van der Waals surface area contributed by atoms with Gasteiger partial charge in [-0.1, -0.05) is 54.5 Å². The van der Waals surface area contributed by atoms with E-state index in [4.69, 9.17) is 35.3 Å². The minimum absolute atomic E-state index is 0.0197. The smallest absolute Gasteiger partial charge is 0.411 e. The number of carbonyl (C=O) groups excluding carboxylic acids is 3. The summed E-state index contributed by atoms with van der Waals surface area (Å²) < 4.78 is 28.9. The standard InChI is InChI=1S/C35H46ClN3O9/c1-9-10-13-21(3)37-32(41)47-28-18-29(40)39(6)24-16-23(17-25(44-7)30(24)36)15-20(2)12-11-14-27(45-8)35(43)19-26(46-33(42)38-35)22(4)31-34(28,5)48-31/h9-14,16-17,22,26-28,31,43H,15,18-19H2,1-8H3,(H,37,41)(H,38,42)/b10-9-,14-11+,20-12+,21-13+/t22-,26+,27-,28+,31+,34+,35+/m1/s1. The molecule has 48 heavy (non-hydrogen) atoms. The fraction of sp³-hybridized carbons (Fsp3) is 0.514. The largest absolute Gasteiger partial charge is 0.495 e. The molecule has 262 valence electrons. The zero-order valence-electron chi connectivity index (χ0n) is 28.7. The van der Waals surface area contributed by atoms with Crippen molar-refractivity contribution in [3.63, 3.8) is 0 Å². The zero-order valence-corrected chi connectivity index (χ0v) is 29.4. The van der Waals surface area contributed by atoms with Crippen molar-refractivity contribution in [2.45, 2.75) is 89.6 Å². The van der Waals surface area contributed by atoms with E-state index in [0.717, 1.165) is 11.1 Å². The Labute approximate surface area is 286 Å². The third kappa shape index (κ3) is 8.23. The van der Waals surface area contributed by atoms with Crippen LogP contribution in [0.3, 0.4) is 0 Å². The number of epoxide rings is 1. The van der Waals surface area contributed by atoms with Crippen molar-refractivity contribution in [1.29, 1.82) is 0 Å². The number of hydrogen-bond donors (Lipinski definition) is 3. The van der Waals surface area contributed by atoms with Gasteiger partial charge in [0, 0.05) is 32.2 Å². The number of benzene rings is 1. The van der Waals surface area contributed by atoms with Crippen LogP contribution in [0.15, 0.2) is 59.9 Å². The molecule has 2 saturated heterocycles. The lowest BCUT2D eigenvalue weighted by atomic mass is 9.83. The van der Waals surface area contributed by atoms with Crippen LogP contribution in [-0.4, -0.2) is 80.2 Å². The van der Waals surface area contributed by atoms with E-state index >= 15 is 0 Å². The number of alkyl carbamates (subject to hydrolysis) is 2. The number of aliphatic hydroxyl groups is 1. The first-order valence-electron chi connectivity index (χ1n) is 15.8. The Bertz CT molecular complexity index is 1520. The summed E-state index contributed by atoms with van der Waals surface area (Å²) in [5.41, 5.74) is -0.204. The lowest BCUT2D eigenvalue weighted by Gasteiger charge is -2.42. The van der Waals surface area contributed by atoms with Crippen molar-refractivity contribution in [2.75, 3.05) is 26.2 Å². The highest BCUT2D eigenvalue weighted by Gasteiger charge is 2.64. The average Bonchev–Trinajstić information content (AvgIpc) is 3.72. The molecule has 3 aliphatic heterocycles. The molecule has 2 fully saturated rings. The molecule has 3 N–H and O–H groups in total. The van der Waals surface area contributed by atoms with Gasteiger partial charge in [0.15, 0.2) is 5.72 Å². The van der Waals surface area contributed by atoms with Crippen LogP contribution in [0, 0.1) is 5.92 Å². The molecule has 13 heteroatoms. The molecular weight excluding hydrogens is 642 g/mol. The van der Waals surface area contributed by atoms with Crippen molar-refractivity contribution in [3.8, 4) is 5.75 Å². The molecule has 3 amide bonds. The van der Waals surface area contributed by atoms with Gasteiger partial charge < -0.3 is 33.7 Å². The number of anilines is 1. The van der Waals surface area contributed by atoms with Crippen molar-refractivity contribution in [1.82, 2.24) is 10.6 Å². The van der Waals surface area contributed by atoms with Gasteiger partial charge in [0.1, 0.15) is 34.7 Å². The maximum Gasteiger partial charge on any atom is 0.411 e. The Morgan fingerprint density at radius 1 is 1.27 bits per heavy atom. The van der Waals surface area contributed by atoms with Gasteiger partial charge in [-0.3, -0.25) is 15.4 Å². The molecule has 1 aromatic rings. The second-order valence-corrected chi connectivity index (χ2v) is 13.1. The first-order valence-corrected chi connectivity index (χ1v) is 16.2. The monoisotopic (exact) mass is 687 g/mol. The van der Waals surface area contributed by atoms with Crippen LogP contribution in [0.5, 0.6) is 5.75 Å². The molecule has 7 atom stereocenters. The second kappa shape index (κ2) is 15.1. The highest BCUT2D eigenvalue weighted by molar-refractivity contribution is 6.35. The van der Waals surface area contributed by atoms with Crippen LogP contribution in [0.4, 0.5) is 15.3 Å². The number of rotatable bonds is 5. The Hall–Kier alpha value is -3.84. The van der Waals surface area contributed by atoms with Gasteiger partial charge in [-0.05, 0) is 57.9 Å². The summed E-state index contributed by atoms with van der Waals surface area (Å²) in [7, 11) is 4.54. The fourth-order valence-corrected chi connectivity index (χ4v) is 6.52. The van der Waals surface area contributed by atoms with Gasteiger partial charge >= 0.3 is 12.2 Å². The molecule has 3 aliphatic rings. The zero-order chi connectivity index (χ0) is 35.4. The Balaban J connectivity index is 1.77. The van der Waals surface area contributed by atoms with E-state index in [0.29, 0.717) is 23.6 Å². The molecule has 4 rings (SSSR count). The molecule has 4 bridgehead atoms. The van der Waals surface area contributed by atoms with E-state index in [2.05, 4.69) is 10.6 Å². The van der Waals surface area contributed by atoms with E-state index in [1.807, 2.05) is 39.0 Å². The Morgan fingerprint density at radius 2 is 2.00 bits per heavy atom. The number of nitrogens with one attached hydrogen (secondary N) is 2. The predicted molar refractivity (Wildman–Crippen MR) is 181 cm³/mol. The van der Waals surface area contributed by atoms with E-state index in [1.165, 1.54) is 19.1 Å². The normalized spacial score (nSPS) is 33.1. The lowest BCUT2D eigenvalue weighted by Crippen LogP contribution is -2.63. The highest BCUT2D eigenvalue weighted by atomic mass is 35.5. The molecule has 0 radical (unpaired) electrons. The highest BCUT2D eigenvalue weighted by Crippen LogP contribution is 2.49. The van der Waals surface area contributed by atoms with Crippen LogP contribution in [0.25, 0.3) is 0 Å². The lowest BCUT2D eigenvalue weighted by molar-refractivity contribution is -0.142. The van der Waals surface area contributed by atoms with E-state index in [-0.39, 0.29) is 17.9 Å². The van der Waals surface area contributed by atoms with Crippen molar-refractivity contribution in [3.05, 3.63) is 70.4 Å². The van der Waals surface area contributed by atoms with E-state index in [9.17, 15) is 19.5 Å². The number of methoxy groups -OCH3 is 2. The van der Waals surface area contributed by atoms with Crippen LogP contribution >= 0.6 is 11.6 Å².